The molecule has 0 aliphatic rings. The second-order valence-corrected chi connectivity index (χ2v) is 4.29. The van der Waals surface area contributed by atoms with Gasteiger partial charge in [-0.05, 0) is 24.6 Å². The van der Waals surface area contributed by atoms with Crippen LogP contribution in [0.2, 0.25) is 0 Å². The molecule has 0 aliphatic carbocycles. The van der Waals surface area contributed by atoms with Gasteiger partial charge in [0.15, 0.2) is 0 Å². The number of benzene rings is 1. The first-order valence-electron chi connectivity index (χ1n) is 5.48. The van der Waals surface area contributed by atoms with E-state index in [1.165, 1.54) is 18.2 Å². The van der Waals surface area contributed by atoms with Crippen molar-refractivity contribution in [2.75, 3.05) is 5.33 Å². The van der Waals surface area contributed by atoms with E-state index in [9.17, 15) is 13.6 Å². The summed E-state index contributed by atoms with van der Waals surface area (Å²) in [6, 6.07) is 5.74. The third kappa shape index (κ3) is 4.60. The zero-order valence-corrected chi connectivity index (χ0v) is 11.4. The van der Waals surface area contributed by atoms with E-state index in [4.69, 9.17) is 0 Å². The van der Waals surface area contributed by atoms with Crippen molar-refractivity contribution in [1.29, 1.82) is 0 Å². The Bertz CT molecular complexity index is 397. The van der Waals surface area contributed by atoms with Crippen LogP contribution >= 0.6 is 15.9 Å². The molecule has 3 nitrogen and oxygen atoms in total. The van der Waals surface area contributed by atoms with Crippen molar-refractivity contribution in [2.45, 2.75) is 26.0 Å². The number of halogens is 3. The summed E-state index contributed by atoms with van der Waals surface area (Å²) in [7, 11) is 0. The number of carbonyl (C=O) groups is 1. The maximum atomic E-state index is 12.0. The first-order valence-corrected chi connectivity index (χ1v) is 6.60. The highest BCUT2D eigenvalue weighted by molar-refractivity contribution is 9.09. The Morgan fingerprint density at radius 2 is 2.22 bits per heavy atom. The zero-order chi connectivity index (χ0) is 13.5. The van der Waals surface area contributed by atoms with Gasteiger partial charge in [-0.3, -0.25) is 4.79 Å². The van der Waals surface area contributed by atoms with Crippen LogP contribution in [0.1, 0.15) is 23.7 Å². The van der Waals surface area contributed by atoms with Gasteiger partial charge in [-0.2, -0.15) is 8.78 Å². The molecule has 0 saturated heterocycles. The summed E-state index contributed by atoms with van der Waals surface area (Å²) in [5.74, 6) is -0.328. The van der Waals surface area contributed by atoms with Gasteiger partial charge in [-0.25, -0.2) is 0 Å². The molecule has 0 heterocycles. The van der Waals surface area contributed by atoms with Crippen molar-refractivity contribution in [1.82, 2.24) is 5.32 Å². The van der Waals surface area contributed by atoms with Gasteiger partial charge < -0.3 is 10.1 Å². The van der Waals surface area contributed by atoms with E-state index in [-0.39, 0.29) is 17.7 Å². The minimum Gasteiger partial charge on any atom is -0.435 e. The topological polar surface area (TPSA) is 38.3 Å². The second kappa shape index (κ2) is 7.31. The van der Waals surface area contributed by atoms with Gasteiger partial charge in [0.1, 0.15) is 5.75 Å². The SMILES string of the molecule is CCC(CBr)NC(=O)c1cccc(OC(F)F)c1. The Morgan fingerprint density at radius 1 is 1.50 bits per heavy atom. The number of ether oxygens (including phenoxy) is 1. The summed E-state index contributed by atoms with van der Waals surface area (Å²) in [6.45, 7) is -0.947. The lowest BCUT2D eigenvalue weighted by Gasteiger charge is -2.14. The summed E-state index contributed by atoms with van der Waals surface area (Å²) in [4.78, 5) is 11.8. The van der Waals surface area contributed by atoms with Gasteiger partial charge in [0, 0.05) is 16.9 Å². The van der Waals surface area contributed by atoms with E-state index in [1.54, 1.807) is 6.07 Å². The Labute approximate surface area is 113 Å². The molecule has 0 aliphatic heterocycles. The van der Waals surface area contributed by atoms with Gasteiger partial charge in [0.2, 0.25) is 0 Å². The smallest absolute Gasteiger partial charge is 0.387 e. The minimum absolute atomic E-state index is 0.0113. The van der Waals surface area contributed by atoms with E-state index in [2.05, 4.69) is 26.0 Å². The molecule has 1 rings (SSSR count). The van der Waals surface area contributed by atoms with Crippen LogP contribution in [-0.4, -0.2) is 23.9 Å². The molecule has 1 unspecified atom stereocenters. The van der Waals surface area contributed by atoms with Gasteiger partial charge in [-0.15, -0.1) is 0 Å². The molecule has 100 valence electrons. The van der Waals surface area contributed by atoms with E-state index < -0.39 is 6.61 Å². The summed E-state index contributed by atoms with van der Waals surface area (Å²) in [6.07, 6.45) is 0.782. The molecule has 1 aromatic carbocycles. The van der Waals surface area contributed by atoms with Gasteiger partial charge in [-0.1, -0.05) is 28.9 Å². The normalized spacial score (nSPS) is 12.3. The first-order chi connectivity index (χ1) is 8.56. The number of hydrogen-bond acceptors (Lipinski definition) is 2. The van der Waals surface area contributed by atoms with E-state index >= 15 is 0 Å². The molecule has 0 bridgehead atoms. The third-order valence-corrected chi connectivity index (χ3v) is 3.12. The monoisotopic (exact) mass is 321 g/mol. The van der Waals surface area contributed by atoms with Crippen LogP contribution in [0, 0.1) is 0 Å². The number of amides is 1. The number of nitrogens with one attached hydrogen (secondary N) is 1. The van der Waals surface area contributed by atoms with Crippen molar-refractivity contribution >= 4 is 21.8 Å². The average Bonchev–Trinajstić information content (AvgIpc) is 2.35. The molecule has 1 N–H and O–H groups in total. The third-order valence-electron chi connectivity index (χ3n) is 2.34. The Hall–Kier alpha value is -1.17. The van der Waals surface area contributed by atoms with Crippen LogP contribution in [0.5, 0.6) is 5.75 Å². The fraction of sp³-hybridized carbons (Fsp3) is 0.417. The van der Waals surface area contributed by atoms with E-state index in [0.717, 1.165) is 6.42 Å². The van der Waals surface area contributed by atoms with Crippen LogP contribution < -0.4 is 10.1 Å². The molecule has 0 spiro atoms. The van der Waals surface area contributed by atoms with Crippen LogP contribution in [-0.2, 0) is 0 Å². The molecule has 18 heavy (non-hydrogen) atoms. The largest absolute Gasteiger partial charge is 0.435 e. The summed E-state index contributed by atoms with van der Waals surface area (Å²) < 4.78 is 28.3. The van der Waals surface area contributed by atoms with Crippen molar-refractivity contribution in [3.63, 3.8) is 0 Å². The quantitative estimate of drug-likeness (QED) is 0.817. The Balaban J connectivity index is 2.73. The molecule has 0 radical (unpaired) electrons. The highest BCUT2D eigenvalue weighted by atomic mass is 79.9. The lowest BCUT2D eigenvalue weighted by Crippen LogP contribution is -2.35. The molecule has 0 saturated carbocycles. The molecule has 0 fully saturated rings. The number of rotatable bonds is 6. The molecule has 6 heteroatoms. The predicted molar refractivity (Wildman–Crippen MR) is 68.4 cm³/mol. The van der Waals surface area contributed by atoms with Crippen molar-refractivity contribution < 1.29 is 18.3 Å². The molecule has 1 aromatic rings. The van der Waals surface area contributed by atoms with E-state index in [0.29, 0.717) is 10.9 Å². The molecular weight excluding hydrogens is 308 g/mol. The van der Waals surface area contributed by atoms with Gasteiger partial charge in [0.25, 0.3) is 5.91 Å². The second-order valence-electron chi connectivity index (χ2n) is 3.64. The van der Waals surface area contributed by atoms with E-state index in [1.807, 2.05) is 6.92 Å². The van der Waals surface area contributed by atoms with Crippen molar-refractivity contribution in [2.24, 2.45) is 0 Å². The standard InChI is InChI=1S/C12H14BrF2NO2/c1-2-9(7-13)16-11(17)8-4-3-5-10(6-8)18-12(14)15/h3-6,9,12H,2,7H2,1H3,(H,16,17). The number of carbonyl (C=O) groups excluding carboxylic acids is 1. The maximum absolute atomic E-state index is 12.0. The Morgan fingerprint density at radius 3 is 2.78 bits per heavy atom. The zero-order valence-electron chi connectivity index (χ0n) is 9.83. The molecule has 0 aromatic heterocycles. The summed E-state index contributed by atoms with van der Waals surface area (Å²) in [5.41, 5.74) is 0.299. The number of alkyl halides is 3. The molecule has 1 atom stereocenters. The fourth-order valence-electron chi connectivity index (χ4n) is 1.33. The maximum Gasteiger partial charge on any atom is 0.387 e. The lowest BCUT2D eigenvalue weighted by atomic mass is 10.2. The highest BCUT2D eigenvalue weighted by Gasteiger charge is 2.12. The average molecular weight is 322 g/mol. The van der Waals surface area contributed by atoms with Crippen molar-refractivity contribution in [3.05, 3.63) is 29.8 Å². The van der Waals surface area contributed by atoms with Crippen LogP contribution in [0.3, 0.4) is 0 Å². The first kappa shape index (κ1) is 14.9. The van der Waals surface area contributed by atoms with Gasteiger partial charge >= 0.3 is 6.61 Å². The van der Waals surface area contributed by atoms with Crippen LogP contribution in [0.15, 0.2) is 24.3 Å². The fourth-order valence-corrected chi connectivity index (χ4v) is 1.95. The summed E-state index contributed by atoms with van der Waals surface area (Å²) in [5, 5.41) is 3.43. The summed E-state index contributed by atoms with van der Waals surface area (Å²) >= 11 is 3.29. The lowest BCUT2D eigenvalue weighted by molar-refractivity contribution is -0.0498. The molecular formula is C12H14BrF2NO2. The number of hydrogen-bond donors (Lipinski definition) is 1. The van der Waals surface area contributed by atoms with Crippen molar-refractivity contribution in [3.8, 4) is 5.75 Å². The predicted octanol–water partition coefficient (Wildman–Crippen LogP) is 3.19. The van der Waals surface area contributed by atoms with Crippen LogP contribution in [0.4, 0.5) is 8.78 Å². The Kier molecular flexibility index (Phi) is 6.04. The molecule has 1 amide bonds. The van der Waals surface area contributed by atoms with Gasteiger partial charge in [0.05, 0.1) is 0 Å². The van der Waals surface area contributed by atoms with Crippen LogP contribution in [0.25, 0.3) is 0 Å². The highest BCUT2D eigenvalue weighted by Crippen LogP contribution is 2.16. The minimum atomic E-state index is -2.89.